The molecule has 1 saturated heterocycles. The third kappa shape index (κ3) is 6.78. The Labute approximate surface area is 244 Å². The molecule has 0 radical (unpaired) electrons. The van der Waals surface area contributed by atoms with Gasteiger partial charge in [0.2, 0.25) is 0 Å². The summed E-state index contributed by atoms with van der Waals surface area (Å²) in [4.78, 5) is 20.4. The Morgan fingerprint density at radius 2 is 1.81 bits per heavy atom. The van der Waals surface area contributed by atoms with Crippen molar-refractivity contribution in [2.75, 3.05) is 13.2 Å². The van der Waals surface area contributed by atoms with E-state index in [2.05, 4.69) is 50.7 Å². The van der Waals surface area contributed by atoms with Gasteiger partial charge in [0, 0.05) is 11.0 Å². The quantitative estimate of drug-likeness (QED) is 0.176. The molecule has 1 fully saturated rings. The van der Waals surface area contributed by atoms with Crippen LogP contribution >= 0.6 is 50.3 Å². The number of hydrogen-bond donors (Lipinski definition) is 0. The zero-order valence-corrected chi connectivity index (χ0v) is 25.7. The SMILES string of the molecule is CCOc1cc(/C=C2/SC(=Nc3cc(C)ccc3C)N(CC)C2=O)cc(I)c1OCc1ccc(Br)cc1. The van der Waals surface area contributed by atoms with Crippen molar-refractivity contribution in [3.63, 3.8) is 0 Å². The van der Waals surface area contributed by atoms with Gasteiger partial charge in [0.25, 0.3) is 5.91 Å². The number of halogens is 2. The molecule has 0 bridgehead atoms. The first kappa shape index (κ1) is 27.7. The van der Waals surface area contributed by atoms with Crippen LogP contribution in [0, 0.1) is 17.4 Å². The summed E-state index contributed by atoms with van der Waals surface area (Å²) >= 11 is 7.13. The Morgan fingerprint density at radius 1 is 1.05 bits per heavy atom. The normalized spacial score (nSPS) is 15.6. The van der Waals surface area contributed by atoms with E-state index in [1.807, 2.05) is 76.2 Å². The van der Waals surface area contributed by atoms with Gasteiger partial charge >= 0.3 is 0 Å². The van der Waals surface area contributed by atoms with E-state index in [9.17, 15) is 4.79 Å². The zero-order chi connectivity index (χ0) is 26.5. The molecule has 0 aromatic heterocycles. The van der Waals surface area contributed by atoms with Crippen LogP contribution in [0.25, 0.3) is 6.08 Å². The lowest BCUT2D eigenvalue weighted by molar-refractivity contribution is -0.122. The Hall–Kier alpha value is -2.30. The standard InChI is InChI=1S/C29H28BrIN2O3S/c1-5-33-28(34)26(37-29(33)32-24-13-18(3)7-8-19(24)4)16-21-14-23(31)27(25(15-21)35-6-2)36-17-20-9-11-22(30)12-10-20/h7-16H,5-6,17H2,1-4H3/b26-16+,32-29?. The highest BCUT2D eigenvalue weighted by molar-refractivity contribution is 14.1. The number of likely N-dealkylation sites (N-methyl/N-ethyl adjacent to an activating group) is 1. The number of nitrogens with zero attached hydrogens (tertiary/aromatic N) is 2. The fourth-order valence-electron chi connectivity index (χ4n) is 3.77. The maximum absolute atomic E-state index is 13.2. The van der Waals surface area contributed by atoms with E-state index in [4.69, 9.17) is 14.5 Å². The van der Waals surface area contributed by atoms with Crippen molar-refractivity contribution in [1.29, 1.82) is 0 Å². The topological polar surface area (TPSA) is 51.1 Å². The molecule has 8 heteroatoms. The van der Waals surface area contributed by atoms with Crippen molar-refractivity contribution in [1.82, 2.24) is 4.90 Å². The minimum absolute atomic E-state index is 0.0416. The number of amides is 1. The second-order valence-corrected chi connectivity index (χ2v) is 11.6. The van der Waals surface area contributed by atoms with E-state index in [1.165, 1.54) is 11.8 Å². The molecule has 0 atom stereocenters. The number of aryl methyl sites for hydroxylation is 2. The maximum atomic E-state index is 13.2. The largest absolute Gasteiger partial charge is 0.490 e. The number of carbonyl (C=O) groups excluding carboxylic acids is 1. The average molecular weight is 691 g/mol. The summed E-state index contributed by atoms with van der Waals surface area (Å²) in [7, 11) is 0. The van der Waals surface area contributed by atoms with Gasteiger partial charge in [-0.15, -0.1) is 0 Å². The van der Waals surface area contributed by atoms with Gasteiger partial charge in [-0.25, -0.2) is 4.99 Å². The third-order valence-corrected chi connectivity index (χ3v) is 8.05. The number of hydrogen-bond acceptors (Lipinski definition) is 5. The van der Waals surface area contributed by atoms with Crippen molar-refractivity contribution in [3.05, 3.63) is 89.8 Å². The zero-order valence-electron chi connectivity index (χ0n) is 21.2. The molecule has 1 aliphatic heterocycles. The highest BCUT2D eigenvalue weighted by Crippen LogP contribution is 2.38. The van der Waals surface area contributed by atoms with Gasteiger partial charge in [-0.1, -0.05) is 40.2 Å². The van der Waals surface area contributed by atoms with Crippen LogP contribution in [0.4, 0.5) is 5.69 Å². The van der Waals surface area contributed by atoms with E-state index >= 15 is 0 Å². The molecule has 3 aromatic rings. The molecule has 0 N–H and O–H groups in total. The van der Waals surface area contributed by atoms with Gasteiger partial charge < -0.3 is 9.47 Å². The van der Waals surface area contributed by atoms with Gasteiger partial charge in [0.05, 0.1) is 20.8 Å². The van der Waals surface area contributed by atoms with Crippen LogP contribution in [0.15, 0.2) is 69.0 Å². The Kier molecular flexibility index (Phi) is 9.36. The number of rotatable bonds is 8. The molecule has 37 heavy (non-hydrogen) atoms. The summed E-state index contributed by atoms with van der Waals surface area (Å²) in [6.45, 7) is 9.48. The molecule has 0 unspecified atom stereocenters. The van der Waals surface area contributed by atoms with E-state index < -0.39 is 0 Å². The van der Waals surface area contributed by atoms with Crippen LogP contribution in [-0.2, 0) is 11.4 Å². The number of ether oxygens (including phenoxy) is 2. The second-order valence-electron chi connectivity index (χ2n) is 8.52. The maximum Gasteiger partial charge on any atom is 0.266 e. The molecule has 0 saturated carbocycles. The monoisotopic (exact) mass is 690 g/mol. The first-order valence-electron chi connectivity index (χ1n) is 12.0. The van der Waals surface area contributed by atoms with Gasteiger partial charge in [0.15, 0.2) is 16.7 Å². The van der Waals surface area contributed by atoms with Crippen molar-refractivity contribution in [2.45, 2.75) is 34.3 Å². The Morgan fingerprint density at radius 3 is 2.51 bits per heavy atom. The fraction of sp³-hybridized carbons (Fsp3) is 0.241. The minimum atomic E-state index is -0.0416. The lowest BCUT2D eigenvalue weighted by Crippen LogP contribution is -2.28. The van der Waals surface area contributed by atoms with Crippen LogP contribution in [0.5, 0.6) is 11.5 Å². The summed E-state index contributed by atoms with van der Waals surface area (Å²) in [5.41, 5.74) is 5.04. The first-order valence-corrected chi connectivity index (χ1v) is 14.7. The molecule has 5 nitrogen and oxygen atoms in total. The van der Waals surface area contributed by atoms with Gasteiger partial charge in [-0.2, -0.15) is 0 Å². The predicted octanol–water partition coefficient (Wildman–Crippen LogP) is 8.27. The fourth-order valence-corrected chi connectivity index (χ4v) is 5.88. The molecule has 4 rings (SSSR count). The van der Waals surface area contributed by atoms with Gasteiger partial charge in [0.1, 0.15) is 6.61 Å². The minimum Gasteiger partial charge on any atom is -0.490 e. The number of benzene rings is 3. The van der Waals surface area contributed by atoms with Gasteiger partial charge in [-0.05, 0) is 121 Å². The second kappa shape index (κ2) is 12.5. The first-order chi connectivity index (χ1) is 17.8. The molecule has 1 heterocycles. The Balaban J connectivity index is 1.62. The molecule has 0 spiro atoms. The summed E-state index contributed by atoms with van der Waals surface area (Å²) < 4.78 is 14.0. The molecule has 1 aliphatic rings. The van der Waals surface area contributed by atoms with E-state index in [1.54, 1.807) is 4.90 Å². The summed E-state index contributed by atoms with van der Waals surface area (Å²) in [6, 6.07) is 18.2. The van der Waals surface area contributed by atoms with Crippen LogP contribution < -0.4 is 9.47 Å². The average Bonchev–Trinajstić information content (AvgIpc) is 3.15. The lowest BCUT2D eigenvalue weighted by Gasteiger charge is -2.15. The van der Waals surface area contributed by atoms with Gasteiger partial charge in [-0.3, -0.25) is 9.69 Å². The molecule has 1 amide bonds. The number of thioether (sulfide) groups is 1. The molecule has 3 aromatic carbocycles. The predicted molar refractivity (Wildman–Crippen MR) is 165 cm³/mol. The van der Waals surface area contributed by atoms with Crippen molar-refractivity contribution in [2.24, 2.45) is 4.99 Å². The number of carbonyl (C=O) groups is 1. The molecular weight excluding hydrogens is 663 g/mol. The van der Waals surface area contributed by atoms with Crippen LogP contribution in [-0.4, -0.2) is 29.1 Å². The smallest absolute Gasteiger partial charge is 0.266 e. The summed E-state index contributed by atoms with van der Waals surface area (Å²) in [5.74, 6) is 1.32. The van der Waals surface area contributed by atoms with Crippen molar-refractivity contribution < 1.29 is 14.3 Å². The molecule has 192 valence electrons. The van der Waals surface area contributed by atoms with Crippen LogP contribution in [0.2, 0.25) is 0 Å². The van der Waals surface area contributed by atoms with E-state index in [0.29, 0.717) is 41.3 Å². The lowest BCUT2D eigenvalue weighted by atomic mass is 10.1. The summed E-state index contributed by atoms with van der Waals surface area (Å²) in [6.07, 6.45) is 1.91. The van der Waals surface area contributed by atoms with Crippen LogP contribution in [0.3, 0.4) is 0 Å². The van der Waals surface area contributed by atoms with E-state index in [0.717, 1.165) is 36.0 Å². The third-order valence-electron chi connectivity index (χ3n) is 5.71. The molecule has 0 aliphatic carbocycles. The number of aliphatic imine (C=N–C) groups is 1. The highest BCUT2D eigenvalue weighted by Gasteiger charge is 2.32. The van der Waals surface area contributed by atoms with E-state index in [-0.39, 0.29) is 5.91 Å². The Bertz CT molecular complexity index is 1370. The molecular formula is C29H28BrIN2O3S. The summed E-state index contributed by atoms with van der Waals surface area (Å²) in [5, 5.41) is 0.696. The van der Waals surface area contributed by atoms with Crippen molar-refractivity contribution >= 4 is 73.1 Å². The number of amidine groups is 1. The van der Waals surface area contributed by atoms with Crippen molar-refractivity contribution in [3.8, 4) is 11.5 Å². The highest BCUT2D eigenvalue weighted by atomic mass is 127. The van der Waals surface area contributed by atoms with Crippen LogP contribution in [0.1, 0.15) is 36.1 Å².